The third kappa shape index (κ3) is 3.72. The number of ether oxygens (including phenoxy) is 1. The van der Waals surface area contributed by atoms with Crippen LogP contribution in [0.25, 0.3) is 0 Å². The number of anilines is 1. The smallest absolute Gasteiger partial charge is 0.339 e. The van der Waals surface area contributed by atoms with Crippen molar-refractivity contribution in [3.63, 3.8) is 0 Å². The number of thiophene rings is 1. The van der Waals surface area contributed by atoms with Crippen molar-refractivity contribution in [2.75, 3.05) is 12.4 Å². The summed E-state index contributed by atoms with van der Waals surface area (Å²) in [6, 6.07) is 7.25. The van der Waals surface area contributed by atoms with E-state index in [2.05, 4.69) is 37.4 Å². The van der Waals surface area contributed by atoms with E-state index in [1.54, 1.807) is 23.5 Å². The number of esters is 1. The highest BCUT2D eigenvalue weighted by Gasteiger charge is 2.11. The van der Waals surface area contributed by atoms with E-state index >= 15 is 0 Å². The minimum Gasteiger partial charge on any atom is -0.465 e. The van der Waals surface area contributed by atoms with Gasteiger partial charge in [-0.15, -0.1) is 11.3 Å². The van der Waals surface area contributed by atoms with E-state index in [-0.39, 0.29) is 0 Å². The van der Waals surface area contributed by atoms with Crippen molar-refractivity contribution < 1.29 is 9.53 Å². The molecule has 0 amide bonds. The second-order valence-electron chi connectivity index (χ2n) is 3.80. The highest BCUT2D eigenvalue weighted by molar-refractivity contribution is 9.11. The first-order valence-electron chi connectivity index (χ1n) is 5.45. The molecule has 0 aliphatic carbocycles. The number of hydrogen-bond donors (Lipinski definition) is 1. The molecule has 2 rings (SSSR count). The average molecular weight is 361 g/mol. The fourth-order valence-electron chi connectivity index (χ4n) is 1.54. The average Bonchev–Trinajstić information content (AvgIpc) is 2.83. The van der Waals surface area contributed by atoms with Gasteiger partial charge in [-0.1, -0.05) is 11.6 Å². The Hall–Kier alpha value is -1.04. The van der Waals surface area contributed by atoms with Gasteiger partial charge in [0.05, 0.1) is 21.5 Å². The van der Waals surface area contributed by atoms with Gasteiger partial charge in [0.1, 0.15) is 0 Å². The number of nitrogens with one attached hydrogen (secondary N) is 1. The normalized spacial score (nSPS) is 10.3. The molecule has 0 fully saturated rings. The molecule has 1 aromatic heterocycles. The van der Waals surface area contributed by atoms with Crippen LogP contribution in [0.15, 0.2) is 33.4 Å². The highest BCUT2D eigenvalue weighted by Crippen LogP contribution is 2.24. The molecule has 0 bridgehead atoms. The summed E-state index contributed by atoms with van der Waals surface area (Å²) in [5.41, 5.74) is 2.36. The number of halogens is 2. The van der Waals surface area contributed by atoms with Crippen LogP contribution in [-0.4, -0.2) is 13.1 Å². The lowest BCUT2D eigenvalue weighted by Crippen LogP contribution is -2.04. The van der Waals surface area contributed by atoms with Crippen molar-refractivity contribution in [2.24, 2.45) is 0 Å². The molecule has 0 radical (unpaired) electrons. The molecule has 0 saturated carbocycles. The molecule has 3 nitrogen and oxygen atoms in total. The summed E-state index contributed by atoms with van der Waals surface area (Å²) in [7, 11) is 1.33. The largest absolute Gasteiger partial charge is 0.465 e. The maximum absolute atomic E-state index is 11.5. The molecule has 1 heterocycles. The van der Waals surface area contributed by atoms with Gasteiger partial charge in [-0.05, 0) is 51.1 Å². The minimum atomic E-state index is -0.438. The van der Waals surface area contributed by atoms with Gasteiger partial charge in [-0.2, -0.15) is 0 Å². The molecule has 0 spiro atoms. The molecule has 0 atom stereocenters. The zero-order valence-corrected chi connectivity index (χ0v) is 13.2. The summed E-state index contributed by atoms with van der Waals surface area (Å²) in [5.74, 6) is -0.438. The number of hydrogen-bond acceptors (Lipinski definition) is 4. The van der Waals surface area contributed by atoms with Crippen molar-refractivity contribution in [3.05, 3.63) is 49.6 Å². The molecule has 6 heteroatoms. The van der Waals surface area contributed by atoms with Crippen LogP contribution in [0.5, 0.6) is 0 Å². The first kappa shape index (κ1) is 14.4. The predicted molar refractivity (Wildman–Crippen MR) is 82.1 cm³/mol. The fraction of sp³-hybridized carbons (Fsp3) is 0.154. The van der Waals surface area contributed by atoms with E-state index in [1.165, 1.54) is 12.7 Å². The van der Waals surface area contributed by atoms with Gasteiger partial charge in [-0.25, -0.2) is 4.79 Å². The Morgan fingerprint density at radius 1 is 1.47 bits per heavy atom. The van der Waals surface area contributed by atoms with Gasteiger partial charge in [0, 0.05) is 12.2 Å². The summed E-state index contributed by atoms with van der Waals surface area (Å²) in [4.78, 5) is 11.5. The maximum atomic E-state index is 11.5. The van der Waals surface area contributed by atoms with E-state index in [4.69, 9.17) is 11.6 Å². The van der Waals surface area contributed by atoms with Gasteiger partial charge in [0.25, 0.3) is 0 Å². The Morgan fingerprint density at radius 3 is 2.89 bits per heavy atom. The van der Waals surface area contributed by atoms with Gasteiger partial charge in [0.2, 0.25) is 0 Å². The van der Waals surface area contributed by atoms with E-state index in [9.17, 15) is 4.79 Å². The maximum Gasteiger partial charge on any atom is 0.339 e. The van der Waals surface area contributed by atoms with Crippen molar-refractivity contribution in [1.29, 1.82) is 0 Å². The van der Waals surface area contributed by atoms with Crippen LogP contribution in [-0.2, 0) is 11.3 Å². The molecular weight excluding hydrogens is 350 g/mol. The first-order chi connectivity index (χ1) is 9.10. The Bertz CT molecular complexity index is 600. The Morgan fingerprint density at radius 2 is 2.26 bits per heavy atom. The van der Waals surface area contributed by atoms with E-state index in [0.29, 0.717) is 17.1 Å². The van der Waals surface area contributed by atoms with Crippen molar-refractivity contribution >= 4 is 50.5 Å². The predicted octanol–water partition coefficient (Wildman–Crippen LogP) is 4.56. The van der Waals surface area contributed by atoms with Gasteiger partial charge < -0.3 is 10.1 Å². The van der Waals surface area contributed by atoms with Crippen LogP contribution in [0.4, 0.5) is 5.69 Å². The summed E-state index contributed by atoms with van der Waals surface area (Å²) in [5, 5.41) is 5.69. The van der Waals surface area contributed by atoms with Crippen LogP contribution in [0.1, 0.15) is 15.9 Å². The molecule has 0 aliphatic rings. The zero-order chi connectivity index (χ0) is 13.8. The molecule has 0 unspecified atom stereocenters. The van der Waals surface area contributed by atoms with Crippen molar-refractivity contribution in [2.45, 2.75) is 6.54 Å². The standard InChI is InChI=1S/C13H11BrClNO2S/c1-18-13(17)10-5-9(2-3-11(10)15)16-6-8-4-12(14)19-7-8/h2-5,7,16H,6H2,1H3. The molecule has 1 N–H and O–H groups in total. The lowest BCUT2D eigenvalue weighted by Gasteiger charge is -2.08. The molecular formula is C13H11BrClNO2S. The molecule has 100 valence electrons. The van der Waals surface area contributed by atoms with Crippen LogP contribution in [0.2, 0.25) is 5.02 Å². The third-order valence-corrected chi connectivity index (χ3v) is 4.37. The zero-order valence-electron chi connectivity index (χ0n) is 10.1. The quantitative estimate of drug-likeness (QED) is 0.812. The second kappa shape index (κ2) is 6.41. The van der Waals surface area contributed by atoms with Crippen LogP contribution >= 0.6 is 38.9 Å². The van der Waals surface area contributed by atoms with Crippen LogP contribution in [0.3, 0.4) is 0 Å². The van der Waals surface area contributed by atoms with Crippen molar-refractivity contribution in [3.8, 4) is 0 Å². The van der Waals surface area contributed by atoms with Crippen LogP contribution < -0.4 is 5.32 Å². The lowest BCUT2D eigenvalue weighted by atomic mass is 10.2. The number of methoxy groups -OCH3 is 1. The molecule has 1 aromatic carbocycles. The Balaban J connectivity index is 2.10. The van der Waals surface area contributed by atoms with Crippen LogP contribution in [0, 0.1) is 0 Å². The third-order valence-electron chi connectivity index (χ3n) is 2.49. The molecule has 2 aromatic rings. The van der Waals surface area contributed by atoms with Crippen molar-refractivity contribution in [1.82, 2.24) is 0 Å². The Kier molecular flexibility index (Phi) is 4.85. The Labute approximate surface area is 128 Å². The number of carbonyl (C=O) groups is 1. The first-order valence-corrected chi connectivity index (χ1v) is 7.50. The number of rotatable bonds is 4. The second-order valence-corrected chi connectivity index (χ2v) is 6.50. The SMILES string of the molecule is COC(=O)c1cc(NCc2csc(Br)c2)ccc1Cl. The lowest BCUT2D eigenvalue weighted by molar-refractivity contribution is 0.0601. The summed E-state index contributed by atoms with van der Waals surface area (Å²) in [6.07, 6.45) is 0. The number of benzene rings is 1. The molecule has 19 heavy (non-hydrogen) atoms. The molecule has 0 saturated heterocycles. The number of carbonyl (C=O) groups excluding carboxylic acids is 1. The van der Waals surface area contributed by atoms with Gasteiger partial charge in [0.15, 0.2) is 0 Å². The molecule has 0 aliphatic heterocycles. The highest BCUT2D eigenvalue weighted by atomic mass is 79.9. The summed E-state index contributed by atoms with van der Waals surface area (Å²) in [6.45, 7) is 0.685. The topological polar surface area (TPSA) is 38.3 Å². The summed E-state index contributed by atoms with van der Waals surface area (Å²) < 4.78 is 5.78. The minimum absolute atomic E-state index is 0.362. The van der Waals surface area contributed by atoms with E-state index < -0.39 is 5.97 Å². The van der Waals surface area contributed by atoms with E-state index in [1.807, 2.05) is 6.07 Å². The van der Waals surface area contributed by atoms with Gasteiger partial charge >= 0.3 is 5.97 Å². The summed E-state index contributed by atoms with van der Waals surface area (Å²) >= 11 is 11.0. The fourth-order valence-corrected chi connectivity index (χ4v) is 2.95. The van der Waals surface area contributed by atoms with E-state index in [0.717, 1.165) is 9.47 Å². The van der Waals surface area contributed by atoms with Gasteiger partial charge in [-0.3, -0.25) is 0 Å². The monoisotopic (exact) mass is 359 g/mol.